The highest BCUT2D eigenvalue weighted by Gasteiger charge is 1.99. The first-order chi connectivity index (χ1) is 12.7. The van der Waals surface area contributed by atoms with Crippen molar-refractivity contribution in [2.75, 3.05) is 0 Å². The molecule has 1 N–H and O–H groups in total. The van der Waals surface area contributed by atoms with Crippen LogP contribution < -0.4 is 0 Å². The summed E-state index contributed by atoms with van der Waals surface area (Å²) < 4.78 is 0. The van der Waals surface area contributed by atoms with Crippen molar-refractivity contribution in [2.24, 2.45) is 5.92 Å². The Hall–Kier alpha value is -0.530. The third-order valence-electron chi connectivity index (χ3n) is 5.78. The van der Waals surface area contributed by atoms with Crippen molar-refractivity contribution in [1.82, 2.24) is 0 Å². The van der Waals surface area contributed by atoms with Crippen LogP contribution in [0.3, 0.4) is 0 Å². The molecule has 0 aromatic rings. The summed E-state index contributed by atoms with van der Waals surface area (Å²) in [5, 5.41) is 8.57. The molecule has 0 amide bonds. The van der Waals surface area contributed by atoms with Gasteiger partial charge in [0.15, 0.2) is 0 Å². The van der Waals surface area contributed by atoms with E-state index in [-0.39, 0.29) is 0 Å². The predicted octanol–water partition coefficient (Wildman–Crippen LogP) is 8.53. The normalized spacial score (nSPS) is 12.4. The molecule has 26 heavy (non-hydrogen) atoms. The molecule has 0 heterocycles. The second kappa shape index (κ2) is 20.8. The molecule has 0 radical (unpaired) electrons. The lowest BCUT2D eigenvalue weighted by Gasteiger charge is -2.07. The van der Waals surface area contributed by atoms with E-state index in [0.717, 1.165) is 18.8 Å². The Labute approximate surface area is 164 Å². The Bertz CT molecular complexity index is 288. The number of unbranched alkanes of at least 4 members (excludes halogenated alkanes) is 16. The second-order valence-electron chi connectivity index (χ2n) is 8.46. The van der Waals surface area contributed by atoms with E-state index in [2.05, 4.69) is 13.8 Å². The Morgan fingerprint density at radius 2 is 0.923 bits per heavy atom. The standard InChI is InChI=1S/C24H48O2/c1-3-23(2)21-19-17-15-13-11-9-7-5-4-6-8-10-12-14-16-18-20-22-24(25)26/h23H,3-22H2,1-2H3,(H,25,26). The fourth-order valence-corrected chi connectivity index (χ4v) is 3.62. The Morgan fingerprint density at radius 1 is 0.615 bits per heavy atom. The summed E-state index contributed by atoms with van der Waals surface area (Å²) >= 11 is 0. The molecule has 1 unspecified atom stereocenters. The van der Waals surface area contributed by atoms with Crippen molar-refractivity contribution >= 4 is 5.97 Å². The summed E-state index contributed by atoms with van der Waals surface area (Å²) in [6.45, 7) is 4.68. The van der Waals surface area contributed by atoms with Gasteiger partial charge in [0, 0.05) is 6.42 Å². The molecule has 1 atom stereocenters. The maximum absolute atomic E-state index is 10.4. The fourth-order valence-electron chi connectivity index (χ4n) is 3.62. The third kappa shape index (κ3) is 21.5. The maximum atomic E-state index is 10.4. The van der Waals surface area contributed by atoms with Crippen molar-refractivity contribution in [3.63, 3.8) is 0 Å². The van der Waals surface area contributed by atoms with E-state index in [4.69, 9.17) is 5.11 Å². The summed E-state index contributed by atoms with van der Waals surface area (Å²) in [6, 6.07) is 0. The molecular weight excluding hydrogens is 320 g/mol. The predicted molar refractivity (Wildman–Crippen MR) is 115 cm³/mol. The monoisotopic (exact) mass is 368 g/mol. The highest BCUT2D eigenvalue weighted by molar-refractivity contribution is 5.66. The molecule has 2 heteroatoms. The molecule has 0 aliphatic carbocycles. The van der Waals surface area contributed by atoms with Crippen molar-refractivity contribution in [1.29, 1.82) is 0 Å². The highest BCUT2D eigenvalue weighted by atomic mass is 16.4. The van der Waals surface area contributed by atoms with Gasteiger partial charge in [0.1, 0.15) is 0 Å². The first-order valence-electron chi connectivity index (χ1n) is 11.9. The summed E-state index contributed by atoms with van der Waals surface area (Å²) in [7, 11) is 0. The Balaban J connectivity index is 3.02. The lowest BCUT2D eigenvalue weighted by molar-refractivity contribution is -0.137. The molecule has 0 rings (SSSR count). The number of rotatable bonds is 21. The number of hydrogen-bond acceptors (Lipinski definition) is 1. The van der Waals surface area contributed by atoms with Crippen LogP contribution in [-0.4, -0.2) is 11.1 Å². The van der Waals surface area contributed by atoms with Crippen LogP contribution in [0, 0.1) is 5.92 Å². The summed E-state index contributed by atoms with van der Waals surface area (Å²) in [4.78, 5) is 10.4. The third-order valence-corrected chi connectivity index (χ3v) is 5.78. The van der Waals surface area contributed by atoms with E-state index in [1.165, 1.54) is 109 Å². The van der Waals surface area contributed by atoms with Gasteiger partial charge in [-0.3, -0.25) is 4.79 Å². The molecule has 0 aromatic heterocycles. The zero-order valence-corrected chi connectivity index (χ0v) is 18.1. The van der Waals surface area contributed by atoms with Gasteiger partial charge in [-0.1, -0.05) is 129 Å². The Morgan fingerprint density at radius 3 is 1.23 bits per heavy atom. The molecule has 156 valence electrons. The highest BCUT2D eigenvalue weighted by Crippen LogP contribution is 2.16. The molecule has 0 fully saturated rings. The van der Waals surface area contributed by atoms with Gasteiger partial charge in [-0.25, -0.2) is 0 Å². The SMILES string of the molecule is CCC(C)CCCCCCCCCCCCCCCCCCCC(=O)O. The van der Waals surface area contributed by atoms with Gasteiger partial charge in [-0.05, 0) is 12.3 Å². The number of carbonyl (C=O) groups is 1. The first-order valence-corrected chi connectivity index (χ1v) is 11.9. The van der Waals surface area contributed by atoms with Gasteiger partial charge in [-0.15, -0.1) is 0 Å². The van der Waals surface area contributed by atoms with Crippen LogP contribution in [0.15, 0.2) is 0 Å². The van der Waals surface area contributed by atoms with Crippen LogP contribution in [0.25, 0.3) is 0 Å². The van der Waals surface area contributed by atoms with Gasteiger partial charge >= 0.3 is 5.97 Å². The van der Waals surface area contributed by atoms with Crippen LogP contribution in [0.4, 0.5) is 0 Å². The van der Waals surface area contributed by atoms with E-state index in [1.807, 2.05) is 0 Å². The van der Waals surface area contributed by atoms with Crippen molar-refractivity contribution in [2.45, 2.75) is 142 Å². The number of carboxylic acid groups (broad SMARTS) is 1. The lowest BCUT2D eigenvalue weighted by atomic mass is 9.99. The molecule has 0 aliphatic rings. The van der Waals surface area contributed by atoms with Gasteiger partial charge in [0.2, 0.25) is 0 Å². The van der Waals surface area contributed by atoms with E-state index < -0.39 is 5.97 Å². The fraction of sp³-hybridized carbons (Fsp3) is 0.958. The molecule has 0 aliphatic heterocycles. The molecule has 0 bridgehead atoms. The quantitative estimate of drug-likeness (QED) is 0.206. The van der Waals surface area contributed by atoms with Gasteiger partial charge in [0.25, 0.3) is 0 Å². The molecule has 0 saturated carbocycles. The summed E-state index contributed by atoms with van der Waals surface area (Å²) in [5.74, 6) is 0.279. The van der Waals surface area contributed by atoms with E-state index in [0.29, 0.717) is 6.42 Å². The minimum atomic E-state index is -0.651. The van der Waals surface area contributed by atoms with Crippen LogP contribution in [-0.2, 0) is 4.79 Å². The average Bonchev–Trinajstić information content (AvgIpc) is 2.63. The van der Waals surface area contributed by atoms with Crippen LogP contribution in [0.2, 0.25) is 0 Å². The number of carboxylic acids is 1. The van der Waals surface area contributed by atoms with Crippen molar-refractivity contribution < 1.29 is 9.90 Å². The van der Waals surface area contributed by atoms with E-state index in [9.17, 15) is 4.79 Å². The number of hydrogen-bond donors (Lipinski definition) is 1. The number of aliphatic carboxylic acids is 1. The topological polar surface area (TPSA) is 37.3 Å². The first kappa shape index (κ1) is 25.5. The average molecular weight is 369 g/mol. The van der Waals surface area contributed by atoms with E-state index in [1.54, 1.807) is 0 Å². The van der Waals surface area contributed by atoms with Gasteiger partial charge in [0.05, 0.1) is 0 Å². The Kier molecular flexibility index (Phi) is 20.4. The zero-order chi connectivity index (χ0) is 19.3. The van der Waals surface area contributed by atoms with Crippen molar-refractivity contribution in [3.05, 3.63) is 0 Å². The zero-order valence-electron chi connectivity index (χ0n) is 18.1. The molecule has 0 saturated heterocycles. The van der Waals surface area contributed by atoms with Crippen LogP contribution in [0.1, 0.15) is 142 Å². The van der Waals surface area contributed by atoms with Gasteiger partial charge < -0.3 is 5.11 Å². The molecular formula is C24H48O2. The maximum Gasteiger partial charge on any atom is 0.303 e. The second-order valence-corrected chi connectivity index (χ2v) is 8.46. The molecule has 2 nitrogen and oxygen atoms in total. The summed E-state index contributed by atoms with van der Waals surface area (Å²) in [6.07, 6.45) is 26.1. The summed E-state index contributed by atoms with van der Waals surface area (Å²) in [5.41, 5.74) is 0. The minimum Gasteiger partial charge on any atom is -0.481 e. The van der Waals surface area contributed by atoms with Crippen molar-refractivity contribution in [3.8, 4) is 0 Å². The molecule has 0 aromatic carbocycles. The van der Waals surface area contributed by atoms with Crippen LogP contribution >= 0.6 is 0 Å². The minimum absolute atomic E-state index is 0.345. The lowest BCUT2D eigenvalue weighted by Crippen LogP contribution is -1.93. The molecule has 0 spiro atoms. The smallest absolute Gasteiger partial charge is 0.303 e. The van der Waals surface area contributed by atoms with Gasteiger partial charge in [-0.2, -0.15) is 0 Å². The largest absolute Gasteiger partial charge is 0.481 e. The van der Waals surface area contributed by atoms with E-state index >= 15 is 0 Å². The van der Waals surface area contributed by atoms with Crippen LogP contribution in [0.5, 0.6) is 0 Å².